The number of fused-ring (bicyclic) bond motifs is 5. The van der Waals surface area contributed by atoms with Crippen LogP contribution in [0.1, 0.15) is 120 Å². The van der Waals surface area contributed by atoms with Gasteiger partial charge in [-0.05, 0) is 137 Å². The van der Waals surface area contributed by atoms with Gasteiger partial charge in [0.1, 0.15) is 48.4 Å². The molecule has 0 spiro atoms. The third-order valence-corrected chi connectivity index (χ3v) is 20.3. The highest BCUT2D eigenvalue weighted by atomic mass is 16.6. The topological polar surface area (TPSA) is 313 Å². The van der Waals surface area contributed by atoms with E-state index in [1.54, 1.807) is 76.7 Å². The predicted molar refractivity (Wildman–Crippen MR) is 399 cm³/mol. The summed E-state index contributed by atoms with van der Waals surface area (Å²) in [6, 6.07) is 42.8. The summed E-state index contributed by atoms with van der Waals surface area (Å²) in [5, 5.41) is 22.4. The molecule has 1 aromatic heterocycles. The number of ketones is 2. The molecule has 3 aliphatic rings. The monoisotopic (exact) mass is 1450 g/mol. The highest BCUT2D eigenvalue weighted by Crippen LogP contribution is 2.45. The molecular weight excluding hydrogens is 1360 g/mol. The number of esters is 2. The summed E-state index contributed by atoms with van der Waals surface area (Å²) in [5.41, 5.74) is 14.4. The minimum absolute atomic E-state index is 0.00908. The number of Topliss-reactive ketones (excluding diaryl/α,β-unsaturated/α-hetero) is 2. The third kappa shape index (κ3) is 18.4. The minimum atomic E-state index is -1.22. The van der Waals surface area contributed by atoms with Gasteiger partial charge in [0, 0.05) is 56.1 Å². The second-order valence-corrected chi connectivity index (χ2v) is 30.0. The van der Waals surface area contributed by atoms with E-state index in [9.17, 15) is 43.9 Å². The summed E-state index contributed by atoms with van der Waals surface area (Å²) in [6.07, 6.45) is -0.144. The van der Waals surface area contributed by atoms with Crippen molar-refractivity contribution in [1.29, 1.82) is 0 Å². The van der Waals surface area contributed by atoms with Crippen molar-refractivity contribution in [1.82, 2.24) is 40.3 Å². The number of likely N-dealkylation sites (N-methyl/N-ethyl adjacent to an activating group) is 1. The number of hydrogen-bond donors (Lipinski definition) is 2. The number of amides is 5. The predicted octanol–water partition coefficient (Wildman–Crippen LogP) is 11.8. The Hall–Kier alpha value is -11.5. The SMILES string of the molecule is COC(=O)[C@@H](CC(=O)[C@@H]1C[C@H](n2cc(COc3ccc(C[C@H](NC(=O)C(CC(=O)[C@@H]4C[C@H](N=[N+]=[N-])CN4C(=O)OCC4c5ccccc5-c5ccccc54)Cc4ccc5ccccc5c4)C(=O)OC)cc3)nn2)CN1C(=O)[C@@H](NC(=O)[C@H](C)N(C)C(=O)OC(C)(C)C)C(C)(C)C)Cc1ccc2ccccc2c1. The van der Waals surface area contributed by atoms with Gasteiger partial charge >= 0.3 is 24.1 Å². The van der Waals surface area contributed by atoms with E-state index in [0.717, 1.165) is 59.8 Å². The van der Waals surface area contributed by atoms with Crippen molar-refractivity contribution in [2.75, 3.05) is 41.0 Å². The molecule has 25 heteroatoms. The lowest BCUT2D eigenvalue weighted by Crippen LogP contribution is -2.59. The number of benzene rings is 7. The maximum atomic E-state index is 15.2. The number of carbonyl (C=O) groups excluding carboxylic acids is 9. The Morgan fingerprint density at radius 2 is 1.19 bits per heavy atom. The second-order valence-electron chi connectivity index (χ2n) is 30.0. The average molecular weight is 1450 g/mol. The zero-order chi connectivity index (χ0) is 76.4. The largest absolute Gasteiger partial charge is 0.487 e. The van der Waals surface area contributed by atoms with Crippen molar-refractivity contribution in [3.8, 4) is 16.9 Å². The van der Waals surface area contributed by atoms with Crippen LogP contribution in [-0.4, -0.2) is 166 Å². The highest BCUT2D eigenvalue weighted by Gasteiger charge is 2.48. The van der Waals surface area contributed by atoms with Gasteiger partial charge in [0.15, 0.2) is 11.6 Å². The molecule has 1 unspecified atom stereocenters. The number of ether oxygens (including phenoxy) is 5. The third-order valence-electron chi connectivity index (χ3n) is 20.3. The lowest BCUT2D eigenvalue weighted by molar-refractivity contribution is -0.148. The number of nitrogens with one attached hydrogen (secondary N) is 2. The molecule has 5 amide bonds. The molecule has 558 valence electrons. The summed E-state index contributed by atoms with van der Waals surface area (Å²) in [4.78, 5) is 135. The van der Waals surface area contributed by atoms with Gasteiger partial charge in [-0.1, -0.05) is 177 Å². The number of hydrogen-bond acceptors (Lipinski definition) is 17. The van der Waals surface area contributed by atoms with Gasteiger partial charge in [-0.3, -0.25) is 38.6 Å². The van der Waals surface area contributed by atoms with Crippen LogP contribution in [-0.2, 0) is 78.4 Å². The summed E-state index contributed by atoms with van der Waals surface area (Å²) in [7, 11) is 3.91. The maximum absolute atomic E-state index is 15.2. The van der Waals surface area contributed by atoms with Gasteiger partial charge in [-0.15, -0.1) is 5.10 Å². The molecule has 2 aliphatic heterocycles. The van der Waals surface area contributed by atoms with E-state index >= 15 is 4.79 Å². The number of likely N-dealkylation sites (tertiary alicyclic amines) is 2. The Morgan fingerprint density at radius 3 is 1.77 bits per heavy atom. The van der Waals surface area contributed by atoms with Crippen molar-refractivity contribution in [3.05, 3.63) is 208 Å². The molecule has 7 aromatic carbocycles. The number of rotatable bonds is 27. The van der Waals surface area contributed by atoms with E-state index in [1.165, 1.54) is 38.0 Å². The fraction of sp³-hybridized carbons (Fsp3) is 0.402. The Labute approximate surface area is 621 Å². The van der Waals surface area contributed by atoms with Crippen LogP contribution in [0, 0.1) is 17.3 Å². The molecule has 0 radical (unpaired) electrons. The zero-order valence-corrected chi connectivity index (χ0v) is 61.9. The van der Waals surface area contributed by atoms with E-state index in [0.29, 0.717) is 17.0 Å². The first kappa shape index (κ1) is 76.7. The molecular formula is C82H91N11O14. The van der Waals surface area contributed by atoms with Crippen LogP contribution < -0.4 is 15.4 Å². The molecule has 9 atom stereocenters. The van der Waals surface area contributed by atoms with Gasteiger partial charge in [0.2, 0.25) is 17.7 Å². The molecule has 1 aliphatic carbocycles. The van der Waals surface area contributed by atoms with Crippen LogP contribution >= 0.6 is 0 Å². The number of nitrogens with zero attached hydrogens (tertiary/aromatic N) is 9. The molecule has 107 heavy (non-hydrogen) atoms. The number of azide groups is 1. The van der Waals surface area contributed by atoms with Crippen molar-refractivity contribution >= 4 is 75.0 Å². The van der Waals surface area contributed by atoms with E-state index in [-0.39, 0.29) is 77.2 Å². The minimum Gasteiger partial charge on any atom is -0.487 e. The van der Waals surface area contributed by atoms with E-state index < -0.39 is 119 Å². The normalized spacial score (nSPS) is 17.6. The molecule has 8 aromatic rings. The molecule has 3 heterocycles. The van der Waals surface area contributed by atoms with Gasteiger partial charge in [0.25, 0.3) is 0 Å². The fourth-order valence-corrected chi connectivity index (χ4v) is 14.5. The molecule has 2 saturated heterocycles. The lowest BCUT2D eigenvalue weighted by Gasteiger charge is -2.37. The van der Waals surface area contributed by atoms with Gasteiger partial charge in [-0.25, -0.2) is 19.1 Å². The van der Waals surface area contributed by atoms with Crippen LogP contribution in [0.2, 0.25) is 0 Å². The number of methoxy groups -OCH3 is 2. The summed E-state index contributed by atoms with van der Waals surface area (Å²) in [5.74, 6) is -5.81. The van der Waals surface area contributed by atoms with Crippen molar-refractivity contribution in [2.45, 2.75) is 154 Å². The summed E-state index contributed by atoms with van der Waals surface area (Å²) >= 11 is 0. The van der Waals surface area contributed by atoms with Crippen LogP contribution in [0.15, 0.2) is 169 Å². The first-order chi connectivity index (χ1) is 51.2. The average Bonchev–Trinajstić information content (AvgIpc) is 1.62. The fourth-order valence-electron chi connectivity index (χ4n) is 14.5. The van der Waals surface area contributed by atoms with E-state index in [1.807, 2.05) is 133 Å². The second kappa shape index (κ2) is 33.3. The Balaban J connectivity index is 0.770. The standard InChI is InChI=1S/C82H91N11O14/c1-49(90(8)79(101)107-82(5,6)7)74(96)85-73(81(2,3)4)76(98)91-46-61(43-70(91)72(95)41-58(77(99)103-9)38-52-28-32-54-20-12-14-22-56(54)36-52)93-45-60(87-89-93)47-105-62-33-29-50(30-34-62)39-68(78(100)104-10)84-75(97)57(37-51-27-31-53-19-11-13-21-55(53)35-51)40-71(94)69-42-59(86-88-83)44-92(69)80(102)106-48-67-65-25-17-15-23-63(65)64-24-16-18-26-66(64)67/h11-36,45,49,57-59,61,67-70,73H,37-44,46-48H2,1-10H3,(H,84,97)(H,85,96)/t49-,57?,58+,59-,61-,68-,69-,70-,73+/m0/s1. The maximum Gasteiger partial charge on any atom is 0.410 e. The van der Waals surface area contributed by atoms with Gasteiger partial charge in [0.05, 0.1) is 50.5 Å². The van der Waals surface area contributed by atoms with Crippen LogP contribution in [0.5, 0.6) is 5.75 Å². The smallest absolute Gasteiger partial charge is 0.410 e. The molecule has 0 bridgehead atoms. The van der Waals surface area contributed by atoms with Gasteiger partial charge in [-0.2, -0.15) is 0 Å². The molecule has 2 fully saturated rings. The highest BCUT2D eigenvalue weighted by molar-refractivity contribution is 5.97. The zero-order valence-electron chi connectivity index (χ0n) is 61.9. The first-order valence-electron chi connectivity index (χ1n) is 36.0. The van der Waals surface area contributed by atoms with E-state index in [2.05, 4.69) is 31.0 Å². The lowest BCUT2D eigenvalue weighted by atomic mass is 9.85. The summed E-state index contributed by atoms with van der Waals surface area (Å²) < 4.78 is 29.8. The first-order valence-corrected chi connectivity index (χ1v) is 36.0. The number of aromatic nitrogens is 3. The van der Waals surface area contributed by atoms with Gasteiger partial charge < -0.3 is 39.2 Å². The van der Waals surface area contributed by atoms with Crippen LogP contribution in [0.25, 0.3) is 43.1 Å². The molecule has 2 N–H and O–H groups in total. The molecule has 11 rings (SSSR count). The number of carbonyl (C=O) groups is 9. The van der Waals surface area contributed by atoms with Crippen LogP contribution in [0.4, 0.5) is 9.59 Å². The quantitative estimate of drug-likeness (QED) is 0.0159. The van der Waals surface area contributed by atoms with Crippen molar-refractivity contribution < 1.29 is 66.8 Å². The van der Waals surface area contributed by atoms with Crippen molar-refractivity contribution in [3.63, 3.8) is 0 Å². The summed E-state index contributed by atoms with van der Waals surface area (Å²) in [6.45, 7) is 11.8. The molecule has 0 saturated carbocycles. The Morgan fingerprint density at radius 1 is 0.636 bits per heavy atom. The van der Waals surface area contributed by atoms with E-state index in [4.69, 9.17) is 23.7 Å². The Kier molecular flexibility index (Phi) is 23.9. The Bertz CT molecular complexity index is 4650. The molecule has 25 nitrogen and oxygen atoms in total. The van der Waals surface area contributed by atoms with Crippen molar-refractivity contribution in [2.24, 2.45) is 22.4 Å². The van der Waals surface area contributed by atoms with Crippen LogP contribution in [0.3, 0.4) is 0 Å².